The van der Waals surface area contributed by atoms with Crippen LogP contribution in [0.4, 0.5) is 0 Å². The lowest BCUT2D eigenvalue weighted by atomic mass is 10.0. The quantitative estimate of drug-likeness (QED) is 0.830. The summed E-state index contributed by atoms with van der Waals surface area (Å²) in [5.41, 5.74) is 1.63. The summed E-state index contributed by atoms with van der Waals surface area (Å²) in [7, 11) is 0. The third-order valence-electron chi connectivity index (χ3n) is 2.40. The third kappa shape index (κ3) is 4.06. The van der Waals surface area contributed by atoms with Crippen molar-refractivity contribution in [3.05, 3.63) is 65.7 Å². The minimum atomic E-state index is 0.0613. The normalized spacial score (nSPS) is 9.22. The Labute approximate surface area is 108 Å². The zero-order valence-corrected chi connectivity index (χ0v) is 10.8. The van der Waals surface area contributed by atoms with E-state index in [1.54, 1.807) is 12.1 Å². The molecule has 0 heterocycles. The molecular weight excluding hydrogens is 224 g/mol. The van der Waals surface area contributed by atoms with E-state index in [1.807, 2.05) is 44.2 Å². The van der Waals surface area contributed by atoms with Crippen LogP contribution >= 0.6 is 0 Å². The maximum Gasteiger partial charge on any atom is 0.167 e. The molecule has 0 radical (unpaired) electrons. The number of rotatable bonds is 3. The van der Waals surface area contributed by atoms with Gasteiger partial charge in [-0.3, -0.25) is 4.79 Å². The molecule has 0 aliphatic heterocycles. The molecule has 2 heteroatoms. The minimum Gasteiger partial charge on any atom is -0.508 e. The van der Waals surface area contributed by atoms with Crippen molar-refractivity contribution < 1.29 is 9.90 Å². The molecule has 0 saturated heterocycles. The van der Waals surface area contributed by atoms with Gasteiger partial charge in [0.25, 0.3) is 0 Å². The van der Waals surface area contributed by atoms with E-state index in [1.165, 1.54) is 12.1 Å². The molecule has 94 valence electrons. The third-order valence-corrected chi connectivity index (χ3v) is 2.40. The summed E-state index contributed by atoms with van der Waals surface area (Å²) < 4.78 is 0. The number of Topliss-reactive ketones (excluding diaryl/α,β-unsaturated/α-hetero) is 1. The highest BCUT2D eigenvalue weighted by Crippen LogP contribution is 2.12. The molecule has 18 heavy (non-hydrogen) atoms. The van der Waals surface area contributed by atoms with Gasteiger partial charge in [0.05, 0.1) is 0 Å². The number of benzene rings is 2. The Balaban J connectivity index is 0.000000771. The van der Waals surface area contributed by atoms with E-state index < -0.39 is 0 Å². The summed E-state index contributed by atoms with van der Waals surface area (Å²) in [6.07, 6.45) is 0.394. The van der Waals surface area contributed by atoms with Crippen LogP contribution in [0.3, 0.4) is 0 Å². The molecule has 2 aromatic rings. The Morgan fingerprint density at radius 2 is 1.50 bits per heavy atom. The number of ketones is 1. The van der Waals surface area contributed by atoms with Crippen molar-refractivity contribution in [3.8, 4) is 5.75 Å². The number of hydrogen-bond acceptors (Lipinski definition) is 2. The molecular formula is C16H18O2. The second-order valence-corrected chi connectivity index (χ2v) is 3.63. The van der Waals surface area contributed by atoms with Gasteiger partial charge in [-0.1, -0.05) is 44.2 Å². The van der Waals surface area contributed by atoms with Crippen molar-refractivity contribution in [3.63, 3.8) is 0 Å². The Morgan fingerprint density at radius 1 is 0.944 bits per heavy atom. The van der Waals surface area contributed by atoms with Gasteiger partial charge in [-0.2, -0.15) is 0 Å². The van der Waals surface area contributed by atoms with Crippen LogP contribution in [0.25, 0.3) is 0 Å². The van der Waals surface area contributed by atoms with E-state index in [0.29, 0.717) is 12.0 Å². The van der Waals surface area contributed by atoms with Crippen molar-refractivity contribution in [1.82, 2.24) is 0 Å². The van der Waals surface area contributed by atoms with Gasteiger partial charge in [-0.25, -0.2) is 0 Å². The summed E-state index contributed by atoms with van der Waals surface area (Å²) in [6, 6.07) is 15.9. The second kappa shape index (κ2) is 7.28. The van der Waals surface area contributed by atoms with Crippen LogP contribution < -0.4 is 0 Å². The van der Waals surface area contributed by atoms with Gasteiger partial charge in [0.1, 0.15) is 5.75 Å². The van der Waals surface area contributed by atoms with Crippen LogP contribution in [0.1, 0.15) is 29.8 Å². The average molecular weight is 242 g/mol. The average Bonchev–Trinajstić information content (AvgIpc) is 2.43. The summed E-state index contributed by atoms with van der Waals surface area (Å²) >= 11 is 0. The predicted octanol–water partition coefficient (Wildman–Crippen LogP) is 3.84. The van der Waals surface area contributed by atoms with Crippen LogP contribution in [0.15, 0.2) is 54.6 Å². The van der Waals surface area contributed by atoms with Crippen molar-refractivity contribution in [2.45, 2.75) is 20.3 Å². The van der Waals surface area contributed by atoms with E-state index >= 15 is 0 Å². The van der Waals surface area contributed by atoms with E-state index in [0.717, 1.165) is 5.56 Å². The first-order valence-electron chi connectivity index (χ1n) is 6.12. The van der Waals surface area contributed by atoms with Crippen LogP contribution in [0.2, 0.25) is 0 Å². The van der Waals surface area contributed by atoms with Crippen molar-refractivity contribution >= 4 is 5.78 Å². The highest BCUT2D eigenvalue weighted by molar-refractivity contribution is 5.97. The number of aromatic hydroxyl groups is 1. The largest absolute Gasteiger partial charge is 0.508 e. The van der Waals surface area contributed by atoms with Crippen LogP contribution in [-0.4, -0.2) is 10.9 Å². The predicted molar refractivity (Wildman–Crippen MR) is 73.9 cm³/mol. The Hall–Kier alpha value is -2.09. The zero-order chi connectivity index (χ0) is 13.4. The number of carbonyl (C=O) groups is 1. The lowest BCUT2D eigenvalue weighted by Gasteiger charge is -2.01. The minimum absolute atomic E-state index is 0.0613. The molecule has 0 aliphatic rings. The molecule has 0 atom stereocenters. The molecule has 0 aromatic heterocycles. The smallest absolute Gasteiger partial charge is 0.167 e. The standard InChI is InChI=1S/C14H12O2.C2H6/c15-13-8-6-12(7-9-13)14(16)10-11-4-2-1-3-5-11;1-2/h1-9,15H,10H2;1-2H3. The summed E-state index contributed by atoms with van der Waals surface area (Å²) in [5.74, 6) is 0.238. The van der Waals surface area contributed by atoms with E-state index in [9.17, 15) is 4.79 Å². The first-order valence-corrected chi connectivity index (χ1v) is 6.12. The Kier molecular flexibility index (Phi) is 5.65. The summed E-state index contributed by atoms with van der Waals surface area (Å²) in [5, 5.41) is 9.12. The number of phenolic OH excluding ortho intramolecular Hbond substituents is 1. The Bertz CT molecular complexity index is 472. The van der Waals surface area contributed by atoms with Gasteiger partial charge in [-0.15, -0.1) is 0 Å². The molecule has 0 amide bonds. The molecule has 0 aliphatic carbocycles. The molecule has 1 N–H and O–H groups in total. The molecule has 0 spiro atoms. The van der Waals surface area contributed by atoms with E-state index in [-0.39, 0.29) is 11.5 Å². The highest BCUT2D eigenvalue weighted by Gasteiger charge is 2.06. The topological polar surface area (TPSA) is 37.3 Å². The Morgan fingerprint density at radius 3 is 2.06 bits per heavy atom. The van der Waals surface area contributed by atoms with Crippen LogP contribution in [0.5, 0.6) is 5.75 Å². The monoisotopic (exact) mass is 242 g/mol. The van der Waals surface area contributed by atoms with Crippen molar-refractivity contribution in [1.29, 1.82) is 0 Å². The van der Waals surface area contributed by atoms with E-state index in [4.69, 9.17) is 5.11 Å². The first kappa shape index (κ1) is 14.0. The van der Waals surface area contributed by atoms with Gasteiger partial charge >= 0.3 is 0 Å². The molecule has 0 bridgehead atoms. The lowest BCUT2D eigenvalue weighted by Crippen LogP contribution is -2.02. The molecule has 2 rings (SSSR count). The molecule has 2 aromatic carbocycles. The molecule has 0 unspecified atom stereocenters. The highest BCUT2D eigenvalue weighted by atomic mass is 16.3. The fourth-order valence-electron chi connectivity index (χ4n) is 1.53. The lowest BCUT2D eigenvalue weighted by molar-refractivity contribution is 0.0993. The van der Waals surface area contributed by atoms with Gasteiger partial charge < -0.3 is 5.11 Å². The molecule has 0 fully saturated rings. The number of carbonyl (C=O) groups excluding carboxylic acids is 1. The van der Waals surface area contributed by atoms with E-state index in [2.05, 4.69) is 0 Å². The second-order valence-electron chi connectivity index (χ2n) is 3.63. The first-order chi connectivity index (χ1) is 8.75. The maximum atomic E-state index is 11.8. The fourth-order valence-corrected chi connectivity index (χ4v) is 1.53. The van der Waals surface area contributed by atoms with Gasteiger partial charge in [-0.05, 0) is 29.8 Å². The fraction of sp³-hybridized carbons (Fsp3) is 0.188. The molecule has 0 saturated carbocycles. The molecule has 2 nitrogen and oxygen atoms in total. The SMILES string of the molecule is CC.O=C(Cc1ccccc1)c1ccc(O)cc1. The van der Waals surface area contributed by atoms with Crippen LogP contribution in [0, 0.1) is 0 Å². The van der Waals surface area contributed by atoms with Crippen molar-refractivity contribution in [2.24, 2.45) is 0 Å². The number of hydrogen-bond donors (Lipinski definition) is 1. The zero-order valence-electron chi connectivity index (χ0n) is 10.8. The van der Waals surface area contributed by atoms with Gasteiger partial charge in [0.15, 0.2) is 5.78 Å². The maximum absolute atomic E-state index is 11.8. The van der Waals surface area contributed by atoms with Gasteiger partial charge in [0.2, 0.25) is 0 Å². The summed E-state index contributed by atoms with van der Waals surface area (Å²) in [4.78, 5) is 11.8. The summed E-state index contributed by atoms with van der Waals surface area (Å²) in [6.45, 7) is 4.00. The number of phenols is 1. The van der Waals surface area contributed by atoms with Gasteiger partial charge in [0, 0.05) is 12.0 Å². The van der Waals surface area contributed by atoms with Crippen LogP contribution in [-0.2, 0) is 6.42 Å². The van der Waals surface area contributed by atoms with Crippen molar-refractivity contribution in [2.75, 3.05) is 0 Å².